The van der Waals surface area contributed by atoms with Crippen LogP contribution in [0.4, 0.5) is 0 Å². The minimum atomic E-state index is -0.652. The van der Waals surface area contributed by atoms with E-state index in [1.807, 2.05) is 12.1 Å². The number of nitrogens with one attached hydrogen (secondary N) is 1. The van der Waals surface area contributed by atoms with Gasteiger partial charge in [0.25, 0.3) is 0 Å². The zero-order valence-corrected chi connectivity index (χ0v) is 11.6. The first-order valence-corrected chi connectivity index (χ1v) is 6.79. The van der Waals surface area contributed by atoms with Crippen molar-refractivity contribution in [1.29, 1.82) is 0 Å². The van der Waals surface area contributed by atoms with Gasteiger partial charge in [-0.2, -0.15) is 0 Å². The van der Waals surface area contributed by atoms with Gasteiger partial charge in [-0.3, -0.25) is 0 Å². The lowest BCUT2D eigenvalue weighted by atomic mass is 9.94. The summed E-state index contributed by atoms with van der Waals surface area (Å²) in [6.45, 7) is 2.45. The van der Waals surface area contributed by atoms with Crippen LogP contribution >= 0.6 is 23.2 Å². The fourth-order valence-electron chi connectivity index (χ4n) is 2.08. The Morgan fingerprint density at radius 2 is 1.78 bits per heavy atom. The molecule has 5 heteroatoms. The van der Waals surface area contributed by atoms with E-state index in [9.17, 15) is 5.11 Å². The van der Waals surface area contributed by atoms with Gasteiger partial charge < -0.3 is 15.2 Å². The minimum absolute atomic E-state index is 0.556. The van der Waals surface area contributed by atoms with E-state index in [-0.39, 0.29) is 0 Å². The summed E-state index contributed by atoms with van der Waals surface area (Å²) in [6.07, 6.45) is 1.35. The zero-order valence-electron chi connectivity index (χ0n) is 10.1. The van der Waals surface area contributed by atoms with Crippen molar-refractivity contribution in [1.82, 2.24) is 5.32 Å². The molecule has 0 unspecified atom stereocenters. The van der Waals surface area contributed by atoms with Crippen molar-refractivity contribution in [2.24, 2.45) is 0 Å². The first-order chi connectivity index (χ1) is 8.57. The summed E-state index contributed by atoms with van der Waals surface area (Å²) in [5.41, 5.74) is 0.365. The van der Waals surface area contributed by atoms with E-state index in [0.29, 0.717) is 49.2 Å². The zero-order chi connectivity index (χ0) is 13.0. The van der Waals surface area contributed by atoms with E-state index >= 15 is 0 Å². The monoisotopic (exact) mass is 289 g/mol. The van der Waals surface area contributed by atoms with Crippen LogP contribution in [0, 0.1) is 0 Å². The van der Waals surface area contributed by atoms with Crippen molar-refractivity contribution < 1.29 is 9.84 Å². The molecule has 0 spiro atoms. The van der Waals surface area contributed by atoms with Crippen LogP contribution in [0.15, 0.2) is 18.2 Å². The van der Waals surface area contributed by atoms with Gasteiger partial charge in [-0.1, -0.05) is 23.2 Å². The Balaban J connectivity index is 1.84. The van der Waals surface area contributed by atoms with Gasteiger partial charge >= 0.3 is 0 Å². The van der Waals surface area contributed by atoms with E-state index in [0.717, 1.165) is 5.56 Å². The van der Waals surface area contributed by atoms with Crippen LogP contribution in [0.2, 0.25) is 10.0 Å². The molecule has 2 rings (SSSR count). The quantitative estimate of drug-likeness (QED) is 0.895. The molecule has 1 aromatic carbocycles. The molecule has 0 atom stereocenters. The Kier molecular flexibility index (Phi) is 4.87. The van der Waals surface area contributed by atoms with Crippen molar-refractivity contribution >= 4 is 23.2 Å². The Morgan fingerprint density at radius 1 is 1.17 bits per heavy atom. The number of halogens is 2. The molecule has 1 aliphatic heterocycles. The maximum Gasteiger partial charge on any atom is 0.0815 e. The summed E-state index contributed by atoms with van der Waals surface area (Å²) in [7, 11) is 0. The van der Waals surface area contributed by atoms with E-state index < -0.39 is 5.60 Å². The molecule has 0 amide bonds. The highest BCUT2D eigenvalue weighted by molar-refractivity contribution is 6.34. The maximum absolute atomic E-state index is 10.3. The molecule has 0 saturated carbocycles. The summed E-state index contributed by atoms with van der Waals surface area (Å²) in [5.74, 6) is 0. The van der Waals surface area contributed by atoms with Crippen LogP contribution in [-0.2, 0) is 11.3 Å². The summed E-state index contributed by atoms with van der Waals surface area (Å²) in [6, 6.07) is 5.45. The van der Waals surface area contributed by atoms with Gasteiger partial charge in [0, 0.05) is 49.2 Å². The van der Waals surface area contributed by atoms with E-state index in [2.05, 4.69) is 5.32 Å². The second-order valence-corrected chi connectivity index (χ2v) is 5.59. The van der Waals surface area contributed by atoms with Gasteiger partial charge in [-0.15, -0.1) is 0 Å². The molecule has 100 valence electrons. The average Bonchev–Trinajstić information content (AvgIpc) is 2.28. The number of rotatable bonds is 4. The van der Waals surface area contributed by atoms with Crippen LogP contribution in [0.1, 0.15) is 18.4 Å². The third-order valence-corrected chi connectivity index (χ3v) is 3.57. The Bertz CT molecular complexity index is 386. The molecule has 2 N–H and O–H groups in total. The lowest BCUT2D eigenvalue weighted by Crippen LogP contribution is -2.44. The Labute approximate surface area is 117 Å². The van der Waals surface area contributed by atoms with Crippen LogP contribution in [0.25, 0.3) is 0 Å². The number of hydrogen-bond acceptors (Lipinski definition) is 3. The Hall–Kier alpha value is -0.320. The average molecular weight is 290 g/mol. The second-order valence-electron chi connectivity index (χ2n) is 4.72. The molecule has 0 aromatic heterocycles. The van der Waals surface area contributed by atoms with E-state index in [1.165, 1.54) is 0 Å². The Morgan fingerprint density at radius 3 is 2.39 bits per heavy atom. The highest BCUT2D eigenvalue weighted by Gasteiger charge is 2.28. The molecule has 1 heterocycles. The molecule has 1 aliphatic rings. The van der Waals surface area contributed by atoms with Crippen molar-refractivity contribution in [2.45, 2.75) is 25.0 Å². The van der Waals surface area contributed by atoms with Gasteiger partial charge in [0.15, 0.2) is 0 Å². The first kappa shape index (κ1) is 14.1. The molecule has 0 bridgehead atoms. The molecule has 1 saturated heterocycles. The van der Waals surface area contributed by atoms with Crippen LogP contribution in [-0.4, -0.2) is 30.5 Å². The van der Waals surface area contributed by atoms with Crippen LogP contribution in [0.5, 0.6) is 0 Å². The fourth-order valence-corrected chi connectivity index (χ4v) is 2.65. The summed E-state index contributed by atoms with van der Waals surface area (Å²) >= 11 is 11.9. The van der Waals surface area contributed by atoms with Crippen LogP contribution in [0.3, 0.4) is 0 Å². The summed E-state index contributed by atoms with van der Waals surface area (Å²) in [4.78, 5) is 0. The second kappa shape index (κ2) is 6.22. The number of hydrogen-bond donors (Lipinski definition) is 2. The van der Waals surface area contributed by atoms with Crippen molar-refractivity contribution in [3.05, 3.63) is 33.8 Å². The van der Waals surface area contributed by atoms with Crippen molar-refractivity contribution in [3.63, 3.8) is 0 Å². The van der Waals surface area contributed by atoms with Crippen molar-refractivity contribution in [2.75, 3.05) is 19.8 Å². The topological polar surface area (TPSA) is 41.5 Å². The lowest BCUT2D eigenvalue weighted by Gasteiger charge is -2.32. The molecule has 0 aliphatic carbocycles. The molecule has 1 aromatic rings. The van der Waals surface area contributed by atoms with Crippen LogP contribution < -0.4 is 5.32 Å². The number of aliphatic hydroxyl groups is 1. The summed E-state index contributed by atoms with van der Waals surface area (Å²) < 4.78 is 5.24. The highest BCUT2D eigenvalue weighted by Crippen LogP contribution is 2.21. The minimum Gasteiger partial charge on any atom is -0.388 e. The molecular formula is C13H17Cl2NO2. The molecule has 18 heavy (non-hydrogen) atoms. The SMILES string of the molecule is OC1(CNCc2cc(Cl)cc(Cl)c2)CCOCC1. The standard InChI is InChI=1S/C13H17Cl2NO2/c14-11-5-10(6-12(15)7-11)8-16-9-13(17)1-3-18-4-2-13/h5-7,16-17H,1-4,8-9H2. The van der Waals surface area contributed by atoms with Crippen molar-refractivity contribution in [3.8, 4) is 0 Å². The predicted octanol–water partition coefficient (Wildman–Crippen LogP) is 2.62. The van der Waals surface area contributed by atoms with Gasteiger partial charge in [0.2, 0.25) is 0 Å². The van der Waals surface area contributed by atoms with E-state index in [1.54, 1.807) is 6.07 Å². The normalized spacial score (nSPS) is 18.8. The highest BCUT2D eigenvalue weighted by atomic mass is 35.5. The first-order valence-electron chi connectivity index (χ1n) is 6.03. The fraction of sp³-hybridized carbons (Fsp3) is 0.538. The summed E-state index contributed by atoms with van der Waals surface area (Å²) in [5, 5.41) is 14.8. The van der Waals surface area contributed by atoms with Gasteiger partial charge in [0.05, 0.1) is 5.60 Å². The molecular weight excluding hydrogens is 273 g/mol. The smallest absolute Gasteiger partial charge is 0.0815 e. The number of ether oxygens (including phenoxy) is 1. The third kappa shape index (κ3) is 4.11. The third-order valence-electron chi connectivity index (χ3n) is 3.13. The lowest BCUT2D eigenvalue weighted by molar-refractivity contribution is -0.0617. The van der Waals surface area contributed by atoms with Gasteiger partial charge in [0.1, 0.15) is 0 Å². The van der Waals surface area contributed by atoms with E-state index in [4.69, 9.17) is 27.9 Å². The van der Waals surface area contributed by atoms with Gasteiger partial charge in [-0.05, 0) is 23.8 Å². The number of benzene rings is 1. The molecule has 3 nitrogen and oxygen atoms in total. The van der Waals surface area contributed by atoms with Gasteiger partial charge in [-0.25, -0.2) is 0 Å². The molecule has 1 fully saturated rings. The maximum atomic E-state index is 10.3. The molecule has 0 radical (unpaired) electrons. The largest absolute Gasteiger partial charge is 0.388 e. The predicted molar refractivity (Wildman–Crippen MR) is 73.2 cm³/mol.